The van der Waals surface area contributed by atoms with Crippen LogP contribution in [-0.4, -0.2) is 48.9 Å². The number of halogens is 1. The maximum Gasteiger partial charge on any atom is 0.313 e. The molecule has 1 saturated heterocycles. The van der Waals surface area contributed by atoms with Crippen molar-refractivity contribution in [3.05, 3.63) is 66.0 Å². The van der Waals surface area contributed by atoms with Gasteiger partial charge >= 0.3 is 11.8 Å². The molecule has 0 aliphatic carbocycles. The highest BCUT2D eigenvalue weighted by molar-refractivity contribution is 6.39. The number of hydrogen-bond donors (Lipinski definition) is 2. The van der Waals surface area contributed by atoms with Gasteiger partial charge in [-0.15, -0.1) is 0 Å². The predicted molar refractivity (Wildman–Crippen MR) is 99.8 cm³/mol. The van der Waals surface area contributed by atoms with Crippen LogP contribution in [0.5, 0.6) is 0 Å². The average Bonchev–Trinajstić information content (AvgIpc) is 2.74. The number of benzene rings is 2. The molecule has 2 N–H and O–H groups in total. The molecule has 3 amide bonds. The molecule has 1 aliphatic heterocycles. The normalized spacial score (nSPS) is 16.3. The van der Waals surface area contributed by atoms with Crippen molar-refractivity contribution in [3.8, 4) is 0 Å². The van der Waals surface area contributed by atoms with Gasteiger partial charge in [-0.2, -0.15) is 0 Å². The summed E-state index contributed by atoms with van der Waals surface area (Å²) in [5.41, 5.74) is 1.26. The zero-order valence-corrected chi connectivity index (χ0v) is 15.1. The lowest BCUT2D eigenvalue weighted by Gasteiger charge is -2.33. The Morgan fingerprint density at radius 2 is 1.75 bits per heavy atom. The second kappa shape index (κ2) is 9.09. The lowest BCUT2D eigenvalue weighted by atomic mass is 10.1. The summed E-state index contributed by atoms with van der Waals surface area (Å²) >= 11 is 0. The Kier molecular flexibility index (Phi) is 6.33. The van der Waals surface area contributed by atoms with E-state index in [1.807, 2.05) is 30.3 Å². The summed E-state index contributed by atoms with van der Waals surface area (Å²) in [6, 6.07) is 14.6. The van der Waals surface area contributed by atoms with Crippen LogP contribution in [-0.2, 0) is 19.1 Å². The standard InChI is InChI=1S/C20H20FN3O4/c21-15-6-8-16(9-7-15)23-20(27)19(26)22-12-18(25)24-10-11-28-17(13-24)14-4-2-1-3-5-14/h1-9,17H,10-13H2,(H,22,26)(H,23,27). The first-order valence-corrected chi connectivity index (χ1v) is 8.82. The highest BCUT2D eigenvalue weighted by atomic mass is 19.1. The summed E-state index contributed by atoms with van der Waals surface area (Å²) in [6.07, 6.45) is -0.226. The van der Waals surface area contributed by atoms with E-state index in [2.05, 4.69) is 10.6 Å². The maximum atomic E-state index is 12.9. The summed E-state index contributed by atoms with van der Waals surface area (Å²) in [4.78, 5) is 37.7. The Bertz CT molecular complexity index is 842. The van der Waals surface area contributed by atoms with Gasteiger partial charge in [-0.3, -0.25) is 14.4 Å². The predicted octanol–water partition coefficient (Wildman–Crippen LogP) is 1.48. The molecular formula is C20H20FN3O4. The van der Waals surface area contributed by atoms with Gasteiger partial charge < -0.3 is 20.3 Å². The molecular weight excluding hydrogens is 365 g/mol. The third-order valence-corrected chi connectivity index (χ3v) is 4.30. The van der Waals surface area contributed by atoms with E-state index in [0.717, 1.165) is 5.56 Å². The lowest BCUT2D eigenvalue weighted by molar-refractivity contribution is -0.141. The van der Waals surface area contributed by atoms with Crippen LogP contribution in [0.15, 0.2) is 54.6 Å². The number of morpholine rings is 1. The van der Waals surface area contributed by atoms with Crippen molar-refractivity contribution < 1.29 is 23.5 Å². The third kappa shape index (κ3) is 5.14. The van der Waals surface area contributed by atoms with E-state index in [0.29, 0.717) is 19.7 Å². The number of hydrogen-bond acceptors (Lipinski definition) is 4. The first-order valence-electron chi connectivity index (χ1n) is 8.82. The molecule has 1 fully saturated rings. The second-order valence-corrected chi connectivity index (χ2v) is 6.25. The topological polar surface area (TPSA) is 87.7 Å². The van der Waals surface area contributed by atoms with Crippen molar-refractivity contribution in [2.45, 2.75) is 6.10 Å². The van der Waals surface area contributed by atoms with Gasteiger partial charge in [0.05, 0.1) is 19.7 Å². The van der Waals surface area contributed by atoms with Gasteiger partial charge in [0, 0.05) is 12.2 Å². The van der Waals surface area contributed by atoms with Crippen LogP contribution in [0.2, 0.25) is 0 Å². The number of carbonyl (C=O) groups excluding carboxylic acids is 3. The zero-order chi connectivity index (χ0) is 19.9. The van der Waals surface area contributed by atoms with Gasteiger partial charge in [-0.1, -0.05) is 30.3 Å². The van der Waals surface area contributed by atoms with E-state index in [9.17, 15) is 18.8 Å². The number of nitrogens with zero attached hydrogens (tertiary/aromatic N) is 1. The number of carbonyl (C=O) groups is 3. The van der Waals surface area contributed by atoms with Gasteiger partial charge in [-0.25, -0.2) is 4.39 Å². The monoisotopic (exact) mass is 385 g/mol. The van der Waals surface area contributed by atoms with E-state index >= 15 is 0 Å². The van der Waals surface area contributed by atoms with Crippen LogP contribution in [0.25, 0.3) is 0 Å². The van der Waals surface area contributed by atoms with Crippen molar-refractivity contribution in [1.29, 1.82) is 0 Å². The van der Waals surface area contributed by atoms with Crippen molar-refractivity contribution in [2.75, 3.05) is 31.6 Å². The maximum absolute atomic E-state index is 12.9. The molecule has 146 valence electrons. The Balaban J connectivity index is 1.48. The van der Waals surface area contributed by atoms with Crippen molar-refractivity contribution in [2.24, 2.45) is 0 Å². The fraction of sp³-hybridized carbons (Fsp3) is 0.250. The van der Waals surface area contributed by atoms with Crippen LogP contribution < -0.4 is 10.6 Å². The molecule has 1 heterocycles. The van der Waals surface area contributed by atoms with Crippen molar-refractivity contribution in [3.63, 3.8) is 0 Å². The molecule has 2 aromatic carbocycles. The van der Waals surface area contributed by atoms with Gasteiger partial charge in [-0.05, 0) is 29.8 Å². The number of nitrogens with one attached hydrogen (secondary N) is 2. The SMILES string of the molecule is O=C(NCC(=O)N1CCOC(c2ccccc2)C1)C(=O)Nc1ccc(F)cc1. The van der Waals surface area contributed by atoms with Gasteiger partial charge in [0.15, 0.2) is 0 Å². The van der Waals surface area contributed by atoms with Crippen molar-refractivity contribution in [1.82, 2.24) is 10.2 Å². The third-order valence-electron chi connectivity index (χ3n) is 4.30. The molecule has 28 heavy (non-hydrogen) atoms. The molecule has 1 unspecified atom stereocenters. The van der Waals surface area contributed by atoms with Crippen molar-refractivity contribution >= 4 is 23.4 Å². The fourth-order valence-corrected chi connectivity index (χ4v) is 2.81. The summed E-state index contributed by atoms with van der Waals surface area (Å²) in [7, 11) is 0. The smallest absolute Gasteiger partial charge is 0.313 e. The van der Waals surface area contributed by atoms with Crippen LogP contribution in [0.4, 0.5) is 10.1 Å². The molecule has 0 spiro atoms. The molecule has 0 radical (unpaired) electrons. The van der Waals surface area contributed by atoms with E-state index in [1.165, 1.54) is 24.3 Å². The number of anilines is 1. The number of amides is 3. The molecule has 0 aromatic heterocycles. The molecule has 2 aromatic rings. The quantitative estimate of drug-likeness (QED) is 0.781. The molecule has 0 saturated carbocycles. The largest absolute Gasteiger partial charge is 0.370 e. The average molecular weight is 385 g/mol. The van der Waals surface area contributed by atoms with Gasteiger partial charge in [0.25, 0.3) is 0 Å². The van der Waals surface area contributed by atoms with Gasteiger partial charge in [0.1, 0.15) is 11.9 Å². The first-order chi connectivity index (χ1) is 13.5. The summed E-state index contributed by atoms with van der Waals surface area (Å²) < 4.78 is 18.6. The van der Waals surface area contributed by atoms with Crippen LogP contribution in [0, 0.1) is 5.82 Å². The Hall–Kier alpha value is -3.26. The minimum atomic E-state index is -0.939. The molecule has 7 nitrogen and oxygen atoms in total. The summed E-state index contributed by atoms with van der Waals surface area (Å²) in [5.74, 6) is -2.62. The molecule has 1 atom stereocenters. The first kappa shape index (κ1) is 19.5. The lowest BCUT2D eigenvalue weighted by Crippen LogP contribution is -2.48. The zero-order valence-electron chi connectivity index (χ0n) is 15.1. The van der Waals surface area contributed by atoms with E-state index in [-0.39, 0.29) is 24.2 Å². The highest BCUT2D eigenvalue weighted by Crippen LogP contribution is 2.21. The second-order valence-electron chi connectivity index (χ2n) is 6.25. The minimum Gasteiger partial charge on any atom is -0.370 e. The van der Waals surface area contributed by atoms with E-state index in [1.54, 1.807) is 4.90 Å². The van der Waals surface area contributed by atoms with E-state index < -0.39 is 17.6 Å². The van der Waals surface area contributed by atoms with E-state index in [4.69, 9.17) is 4.74 Å². The fourth-order valence-electron chi connectivity index (χ4n) is 2.81. The molecule has 3 rings (SSSR count). The Morgan fingerprint density at radius 3 is 2.46 bits per heavy atom. The van der Waals surface area contributed by atoms with Crippen LogP contribution in [0.1, 0.15) is 11.7 Å². The molecule has 0 bridgehead atoms. The van der Waals surface area contributed by atoms with Crippen LogP contribution in [0.3, 0.4) is 0 Å². The summed E-state index contributed by atoms with van der Waals surface area (Å²) in [6.45, 7) is 0.891. The Labute approximate surface area is 161 Å². The number of rotatable bonds is 4. The molecule has 1 aliphatic rings. The summed E-state index contributed by atoms with van der Waals surface area (Å²) in [5, 5.41) is 4.65. The molecule has 8 heteroatoms. The highest BCUT2D eigenvalue weighted by Gasteiger charge is 2.26. The minimum absolute atomic E-state index is 0.226. The number of ether oxygens (including phenoxy) is 1. The van der Waals surface area contributed by atoms with Gasteiger partial charge in [0.2, 0.25) is 5.91 Å². The Morgan fingerprint density at radius 1 is 1.04 bits per heavy atom. The van der Waals surface area contributed by atoms with Crippen LogP contribution >= 0.6 is 0 Å².